The summed E-state index contributed by atoms with van der Waals surface area (Å²) < 4.78 is 0. The topological polar surface area (TPSA) is 40.5 Å². The lowest BCUT2D eigenvalue weighted by atomic mass is 9.96. The van der Waals surface area contributed by atoms with Gasteiger partial charge in [0.05, 0.1) is 6.10 Å². The Kier molecular flexibility index (Phi) is 2.89. The van der Waals surface area contributed by atoms with E-state index in [9.17, 15) is 9.90 Å². The van der Waals surface area contributed by atoms with Crippen molar-refractivity contribution in [3.05, 3.63) is 0 Å². The van der Waals surface area contributed by atoms with Crippen molar-refractivity contribution in [3.63, 3.8) is 0 Å². The smallest absolute Gasteiger partial charge is 0.225 e. The Hall–Kier alpha value is -0.570. The molecule has 17 heavy (non-hydrogen) atoms. The second-order valence-electron chi connectivity index (χ2n) is 6.33. The molecule has 0 aromatic heterocycles. The molecule has 0 aromatic carbocycles. The van der Waals surface area contributed by atoms with E-state index in [-0.39, 0.29) is 12.0 Å². The second kappa shape index (κ2) is 4.27. The van der Waals surface area contributed by atoms with Gasteiger partial charge in [0.15, 0.2) is 0 Å². The van der Waals surface area contributed by atoms with Crippen LogP contribution in [-0.4, -0.2) is 35.1 Å². The lowest BCUT2D eigenvalue weighted by Gasteiger charge is -2.24. The number of likely N-dealkylation sites (tertiary alicyclic amines) is 1. The van der Waals surface area contributed by atoms with Gasteiger partial charge in [-0.1, -0.05) is 13.3 Å². The molecule has 3 fully saturated rings. The van der Waals surface area contributed by atoms with E-state index in [1.54, 1.807) is 0 Å². The highest BCUT2D eigenvalue weighted by Crippen LogP contribution is 2.40. The normalized spacial score (nSPS) is 45.3. The van der Waals surface area contributed by atoms with Gasteiger partial charge in [0.25, 0.3) is 0 Å². The highest BCUT2D eigenvalue weighted by molar-refractivity contribution is 5.79. The van der Waals surface area contributed by atoms with Gasteiger partial charge in [0, 0.05) is 24.9 Å². The zero-order valence-corrected chi connectivity index (χ0v) is 10.6. The molecule has 0 radical (unpaired) electrons. The van der Waals surface area contributed by atoms with Crippen LogP contribution < -0.4 is 0 Å². The minimum atomic E-state index is -0.154. The summed E-state index contributed by atoms with van der Waals surface area (Å²) in [5.74, 6) is 2.15. The number of aliphatic hydroxyl groups excluding tert-OH is 1. The molecular formula is C14H23NO2. The molecule has 1 saturated heterocycles. The maximum Gasteiger partial charge on any atom is 0.225 e. The average molecular weight is 237 g/mol. The summed E-state index contributed by atoms with van der Waals surface area (Å²) in [6, 6.07) is 0. The van der Waals surface area contributed by atoms with Crippen LogP contribution >= 0.6 is 0 Å². The average Bonchev–Trinajstić information content (AvgIpc) is 2.96. The maximum absolute atomic E-state index is 12.4. The van der Waals surface area contributed by atoms with Gasteiger partial charge in [-0.15, -0.1) is 0 Å². The fourth-order valence-corrected chi connectivity index (χ4v) is 4.16. The Bertz CT molecular complexity index is 317. The number of hydrogen-bond donors (Lipinski definition) is 1. The van der Waals surface area contributed by atoms with Crippen LogP contribution in [0, 0.1) is 23.7 Å². The van der Waals surface area contributed by atoms with Gasteiger partial charge in [-0.25, -0.2) is 0 Å². The van der Waals surface area contributed by atoms with Crippen LogP contribution in [0.5, 0.6) is 0 Å². The van der Waals surface area contributed by atoms with Gasteiger partial charge in [0.1, 0.15) is 0 Å². The third kappa shape index (κ3) is 1.88. The third-order valence-electron chi connectivity index (χ3n) is 5.31. The van der Waals surface area contributed by atoms with Crippen LogP contribution in [0.4, 0.5) is 0 Å². The lowest BCUT2D eigenvalue weighted by Crippen LogP contribution is -2.36. The zero-order chi connectivity index (χ0) is 12.0. The molecule has 1 heterocycles. The van der Waals surface area contributed by atoms with Crippen molar-refractivity contribution in [2.45, 2.75) is 45.1 Å². The van der Waals surface area contributed by atoms with Gasteiger partial charge in [-0.2, -0.15) is 0 Å². The van der Waals surface area contributed by atoms with E-state index in [0.717, 1.165) is 32.4 Å². The standard InChI is InChI=1S/C14H23NO2/c1-9-3-2-4-11(9)14(17)15-7-10-5-6-13(16)12(10)8-15/h9-13,16H,2-8H2,1H3. The van der Waals surface area contributed by atoms with Gasteiger partial charge < -0.3 is 10.0 Å². The number of carbonyl (C=O) groups is 1. The molecule has 0 aromatic rings. The lowest BCUT2D eigenvalue weighted by molar-refractivity contribution is -0.135. The van der Waals surface area contributed by atoms with Gasteiger partial charge in [-0.05, 0) is 37.5 Å². The molecule has 3 aliphatic rings. The number of carbonyl (C=O) groups excluding carboxylic acids is 1. The predicted molar refractivity (Wildman–Crippen MR) is 65.3 cm³/mol. The quantitative estimate of drug-likeness (QED) is 0.753. The molecule has 1 N–H and O–H groups in total. The molecule has 1 amide bonds. The molecular weight excluding hydrogens is 214 g/mol. The van der Waals surface area contributed by atoms with E-state index in [0.29, 0.717) is 23.7 Å². The highest BCUT2D eigenvalue weighted by Gasteiger charge is 2.45. The zero-order valence-electron chi connectivity index (χ0n) is 10.6. The molecule has 5 atom stereocenters. The van der Waals surface area contributed by atoms with Crippen molar-refractivity contribution in [3.8, 4) is 0 Å². The Morgan fingerprint density at radius 1 is 1.18 bits per heavy atom. The molecule has 3 heteroatoms. The van der Waals surface area contributed by atoms with Crippen LogP contribution in [0.25, 0.3) is 0 Å². The first kappa shape index (κ1) is 11.5. The van der Waals surface area contributed by atoms with E-state index in [1.807, 2.05) is 4.90 Å². The number of amides is 1. The van der Waals surface area contributed by atoms with Crippen molar-refractivity contribution in [2.24, 2.45) is 23.7 Å². The summed E-state index contributed by atoms with van der Waals surface area (Å²) in [5.41, 5.74) is 0. The number of aliphatic hydroxyl groups is 1. The molecule has 2 saturated carbocycles. The summed E-state index contributed by atoms with van der Waals surface area (Å²) in [7, 11) is 0. The largest absolute Gasteiger partial charge is 0.393 e. The summed E-state index contributed by atoms with van der Waals surface area (Å²) in [5, 5.41) is 9.88. The van der Waals surface area contributed by atoms with Crippen molar-refractivity contribution in [2.75, 3.05) is 13.1 Å². The minimum Gasteiger partial charge on any atom is -0.393 e. The van der Waals surface area contributed by atoms with Gasteiger partial charge in [0.2, 0.25) is 5.91 Å². The summed E-state index contributed by atoms with van der Waals surface area (Å²) in [4.78, 5) is 14.5. The Labute approximate surface area is 103 Å². The molecule has 5 unspecified atom stereocenters. The fraction of sp³-hybridized carbons (Fsp3) is 0.929. The minimum absolute atomic E-state index is 0.154. The Balaban J connectivity index is 1.65. The first-order valence-corrected chi connectivity index (χ1v) is 7.13. The van der Waals surface area contributed by atoms with E-state index in [4.69, 9.17) is 0 Å². The van der Waals surface area contributed by atoms with Gasteiger partial charge in [-0.3, -0.25) is 4.79 Å². The van der Waals surface area contributed by atoms with E-state index in [1.165, 1.54) is 12.8 Å². The molecule has 0 bridgehead atoms. The monoisotopic (exact) mass is 237 g/mol. The second-order valence-corrected chi connectivity index (χ2v) is 6.33. The van der Waals surface area contributed by atoms with Crippen LogP contribution in [0.1, 0.15) is 39.0 Å². The van der Waals surface area contributed by atoms with Crippen molar-refractivity contribution >= 4 is 5.91 Å². The molecule has 2 aliphatic carbocycles. The molecule has 3 rings (SSSR count). The first-order valence-electron chi connectivity index (χ1n) is 7.13. The number of rotatable bonds is 1. The summed E-state index contributed by atoms with van der Waals surface area (Å²) >= 11 is 0. The Morgan fingerprint density at radius 3 is 2.65 bits per heavy atom. The molecule has 96 valence electrons. The van der Waals surface area contributed by atoms with E-state index in [2.05, 4.69) is 6.92 Å². The third-order valence-corrected chi connectivity index (χ3v) is 5.31. The first-order chi connectivity index (χ1) is 8.16. The van der Waals surface area contributed by atoms with E-state index >= 15 is 0 Å². The summed E-state index contributed by atoms with van der Waals surface area (Å²) in [6.45, 7) is 3.93. The molecule has 0 spiro atoms. The van der Waals surface area contributed by atoms with Gasteiger partial charge >= 0.3 is 0 Å². The van der Waals surface area contributed by atoms with Crippen LogP contribution in [0.2, 0.25) is 0 Å². The van der Waals surface area contributed by atoms with Crippen molar-refractivity contribution in [1.29, 1.82) is 0 Å². The van der Waals surface area contributed by atoms with Crippen molar-refractivity contribution in [1.82, 2.24) is 4.90 Å². The van der Waals surface area contributed by atoms with Crippen LogP contribution in [-0.2, 0) is 4.79 Å². The fourth-order valence-electron chi connectivity index (χ4n) is 4.16. The Morgan fingerprint density at radius 2 is 2.00 bits per heavy atom. The maximum atomic E-state index is 12.4. The SMILES string of the molecule is CC1CCCC1C(=O)N1CC2CCC(O)C2C1. The molecule has 1 aliphatic heterocycles. The number of nitrogens with zero attached hydrogens (tertiary/aromatic N) is 1. The van der Waals surface area contributed by atoms with Crippen LogP contribution in [0.3, 0.4) is 0 Å². The molecule has 3 nitrogen and oxygen atoms in total. The van der Waals surface area contributed by atoms with Crippen LogP contribution in [0.15, 0.2) is 0 Å². The summed E-state index contributed by atoms with van der Waals surface area (Å²) in [6.07, 6.45) is 5.39. The van der Waals surface area contributed by atoms with Crippen molar-refractivity contribution < 1.29 is 9.90 Å². The van der Waals surface area contributed by atoms with E-state index < -0.39 is 0 Å². The predicted octanol–water partition coefficient (Wildman–Crippen LogP) is 1.65. The number of hydrogen-bond acceptors (Lipinski definition) is 2. The number of fused-ring (bicyclic) bond motifs is 1. The highest BCUT2D eigenvalue weighted by atomic mass is 16.3.